The Bertz CT molecular complexity index is 413. The van der Waals surface area contributed by atoms with E-state index in [1.165, 1.54) is 18.2 Å². The molecule has 13 heavy (non-hydrogen) atoms. The van der Waals surface area contributed by atoms with Gasteiger partial charge in [-0.3, -0.25) is 0 Å². The van der Waals surface area contributed by atoms with Crippen molar-refractivity contribution in [2.75, 3.05) is 12.0 Å². The highest BCUT2D eigenvalue weighted by atomic mass is 32.2. The molecular weight excluding hydrogens is 194 g/mol. The molecule has 1 aromatic rings. The number of nitrogens with two attached hydrogens (primary N) is 1. The van der Waals surface area contributed by atoms with Gasteiger partial charge in [-0.25, -0.2) is 0 Å². The van der Waals surface area contributed by atoms with Crippen LogP contribution in [0, 0.1) is 0 Å². The Morgan fingerprint density at radius 2 is 2.08 bits per heavy atom. The summed E-state index contributed by atoms with van der Waals surface area (Å²) in [5.74, 6) is -0.429. The van der Waals surface area contributed by atoms with Crippen LogP contribution in [0.5, 0.6) is 11.5 Å². The monoisotopic (exact) mass is 203 g/mol. The van der Waals surface area contributed by atoms with Gasteiger partial charge in [-0.2, -0.15) is 8.42 Å². The van der Waals surface area contributed by atoms with Crippen LogP contribution in [0.2, 0.25) is 0 Å². The van der Waals surface area contributed by atoms with Gasteiger partial charge in [0.2, 0.25) is 0 Å². The number of aromatic hydroxyl groups is 1. The van der Waals surface area contributed by atoms with E-state index in [2.05, 4.69) is 4.18 Å². The first-order valence-electron chi connectivity index (χ1n) is 3.36. The van der Waals surface area contributed by atoms with Crippen LogP contribution in [0.15, 0.2) is 18.2 Å². The highest BCUT2D eigenvalue weighted by Crippen LogP contribution is 2.28. The standard InChI is InChI=1S/C7H9NO4S/c1-13(10,11)12-7-3-2-5(8)4-6(7)9/h2-4,9H,8H2,1H3. The van der Waals surface area contributed by atoms with Gasteiger partial charge in [0, 0.05) is 11.8 Å². The van der Waals surface area contributed by atoms with Crippen LogP contribution in [0.25, 0.3) is 0 Å². The lowest BCUT2D eigenvalue weighted by Crippen LogP contribution is -2.05. The Balaban J connectivity index is 3.04. The fraction of sp³-hybridized carbons (Fsp3) is 0.143. The Morgan fingerprint density at radius 1 is 1.46 bits per heavy atom. The second-order valence-electron chi connectivity index (χ2n) is 2.51. The second-order valence-corrected chi connectivity index (χ2v) is 4.09. The number of hydrogen-bond donors (Lipinski definition) is 2. The summed E-state index contributed by atoms with van der Waals surface area (Å²) >= 11 is 0. The van der Waals surface area contributed by atoms with Gasteiger partial charge in [-0.15, -0.1) is 0 Å². The molecule has 0 unspecified atom stereocenters. The highest BCUT2D eigenvalue weighted by Gasteiger charge is 2.08. The molecule has 3 N–H and O–H groups in total. The van der Waals surface area contributed by atoms with Crippen LogP contribution < -0.4 is 9.92 Å². The molecule has 0 spiro atoms. The van der Waals surface area contributed by atoms with Gasteiger partial charge in [-0.05, 0) is 12.1 Å². The molecule has 0 aliphatic heterocycles. The molecule has 6 heteroatoms. The quantitative estimate of drug-likeness (QED) is 0.533. The van der Waals surface area contributed by atoms with E-state index in [-0.39, 0.29) is 11.5 Å². The molecule has 1 rings (SSSR count). The van der Waals surface area contributed by atoms with Gasteiger partial charge in [0.15, 0.2) is 11.5 Å². The first kappa shape index (κ1) is 9.66. The summed E-state index contributed by atoms with van der Waals surface area (Å²) in [4.78, 5) is 0. The fourth-order valence-corrected chi connectivity index (χ4v) is 1.24. The lowest BCUT2D eigenvalue weighted by Gasteiger charge is -2.04. The van der Waals surface area contributed by atoms with Crippen LogP contribution >= 0.6 is 0 Å². The number of phenolic OH excluding ortho intramolecular Hbond substituents is 1. The van der Waals surface area contributed by atoms with Gasteiger partial charge in [0.25, 0.3) is 0 Å². The summed E-state index contributed by atoms with van der Waals surface area (Å²) in [5, 5.41) is 9.19. The molecule has 0 bridgehead atoms. The largest absolute Gasteiger partial charge is 0.504 e. The van der Waals surface area contributed by atoms with Gasteiger partial charge in [-0.1, -0.05) is 0 Å². The van der Waals surface area contributed by atoms with Crippen LogP contribution in [-0.2, 0) is 10.1 Å². The first-order chi connectivity index (χ1) is 5.88. The molecule has 0 radical (unpaired) electrons. The second kappa shape index (κ2) is 3.14. The van der Waals surface area contributed by atoms with E-state index in [0.717, 1.165) is 6.26 Å². The van der Waals surface area contributed by atoms with E-state index in [1.54, 1.807) is 0 Å². The molecule has 5 nitrogen and oxygen atoms in total. The maximum Gasteiger partial charge on any atom is 0.306 e. The van der Waals surface area contributed by atoms with Crippen molar-refractivity contribution in [2.45, 2.75) is 0 Å². The van der Waals surface area contributed by atoms with E-state index in [9.17, 15) is 13.5 Å². The third-order valence-electron chi connectivity index (χ3n) is 1.22. The number of hydrogen-bond acceptors (Lipinski definition) is 5. The molecule has 0 saturated carbocycles. The van der Waals surface area contributed by atoms with Crippen molar-refractivity contribution in [1.82, 2.24) is 0 Å². The molecule has 0 atom stereocenters. The number of nitrogen functional groups attached to an aromatic ring is 1. The predicted octanol–water partition coefficient (Wildman–Crippen LogP) is 0.313. The summed E-state index contributed by atoms with van der Waals surface area (Å²) < 4.78 is 25.8. The van der Waals surface area contributed by atoms with Crippen molar-refractivity contribution in [3.8, 4) is 11.5 Å². The summed E-state index contributed by atoms with van der Waals surface area (Å²) in [6.45, 7) is 0. The summed E-state index contributed by atoms with van der Waals surface area (Å²) in [6, 6.07) is 3.92. The van der Waals surface area contributed by atoms with Crippen LogP contribution in [0.1, 0.15) is 0 Å². The molecule has 0 saturated heterocycles. The van der Waals surface area contributed by atoms with Gasteiger partial charge in [0.05, 0.1) is 6.26 Å². The SMILES string of the molecule is CS(=O)(=O)Oc1ccc(N)cc1O. The van der Waals surface area contributed by atoms with E-state index in [4.69, 9.17) is 5.73 Å². The van der Waals surface area contributed by atoms with E-state index < -0.39 is 10.1 Å². The van der Waals surface area contributed by atoms with Gasteiger partial charge >= 0.3 is 10.1 Å². The molecular formula is C7H9NO4S. The van der Waals surface area contributed by atoms with Crippen molar-refractivity contribution in [2.24, 2.45) is 0 Å². The van der Waals surface area contributed by atoms with Crippen LogP contribution in [0.4, 0.5) is 5.69 Å². The predicted molar refractivity (Wildman–Crippen MR) is 48.0 cm³/mol. The van der Waals surface area contributed by atoms with E-state index in [1.807, 2.05) is 0 Å². The molecule has 1 aromatic carbocycles. The molecule has 0 aliphatic carbocycles. The van der Waals surface area contributed by atoms with Crippen LogP contribution in [0.3, 0.4) is 0 Å². The zero-order valence-corrected chi connectivity index (χ0v) is 7.71. The lowest BCUT2D eigenvalue weighted by atomic mass is 10.3. The molecule has 72 valence electrons. The van der Waals surface area contributed by atoms with E-state index >= 15 is 0 Å². The average molecular weight is 203 g/mol. The van der Waals surface area contributed by atoms with Crippen molar-refractivity contribution in [1.29, 1.82) is 0 Å². The average Bonchev–Trinajstić information content (AvgIpc) is 1.93. The van der Waals surface area contributed by atoms with Crippen molar-refractivity contribution < 1.29 is 17.7 Å². The normalized spacial score (nSPS) is 11.2. The Hall–Kier alpha value is -1.43. The molecule has 0 aliphatic rings. The molecule has 0 amide bonds. The minimum absolute atomic E-state index is 0.128. The Kier molecular flexibility index (Phi) is 2.33. The van der Waals surface area contributed by atoms with Crippen molar-refractivity contribution in [3.63, 3.8) is 0 Å². The zero-order valence-electron chi connectivity index (χ0n) is 6.89. The topological polar surface area (TPSA) is 89.6 Å². The summed E-state index contributed by atoms with van der Waals surface area (Å²) in [5.41, 5.74) is 5.66. The number of benzene rings is 1. The Labute approximate surface area is 75.9 Å². The number of rotatable bonds is 2. The maximum atomic E-state index is 10.7. The molecule has 0 heterocycles. The summed E-state index contributed by atoms with van der Waals surface area (Å²) in [7, 11) is -3.61. The van der Waals surface area contributed by atoms with Crippen molar-refractivity contribution >= 4 is 15.8 Å². The smallest absolute Gasteiger partial charge is 0.306 e. The Morgan fingerprint density at radius 3 is 2.54 bits per heavy atom. The molecule has 0 aromatic heterocycles. The van der Waals surface area contributed by atoms with Crippen molar-refractivity contribution in [3.05, 3.63) is 18.2 Å². The minimum atomic E-state index is -3.61. The van der Waals surface area contributed by atoms with E-state index in [0.29, 0.717) is 5.69 Å². The third kappa shape index (κ3) is 2.83. The zero-order chi connectivity index (χ0) is 10.1. The van der Waals surface area contributed by atoms with Crippen LogP contribution in [-0.4, -0.2) is 19.8 Å². The molecule has 0 fully saturated rings. The maximum absolute atomic E-state index is 10.7. The van der Waals surface area contributed by atoms with Gasteiger partial charge in [0.1, 0.15) is 0 Å². The number of phenols is 1. The highest BCUT2D eigenvalue weighted by molar-refractivity contribution is 7.86. The third-order valence-corrected chi connectivity index (χ3v) is 1.71. The number of anilines is 1. The lowest BCUT2D eigenvalue weighted by molar-refractivity contribution is 0.431. The van der Waals surface area contributed by atoms with Gasteiger partial charge < -0.3 is 15.0 Å². The first-order valence-corrected chi connectivity index (χ1v) is 5.18. The fourth-order valence-electron chi connectivity index (χ4n) is 0.768. The summed E-state index contributed by atoms with van der Waals surface area (Å²) in [6.07, 6.45) is 0.892. The minimum Gasteiger partial charge on any atom is -0.504 e.